The van der Waals surface area contributed by atoms with Crippen molar-refractivity contribution in [2.45, 2.75) is 12.6 Å². The number of alkyl carbamates (subject to hydrolysis) is 1. The van der Waals surface area contributed by atoms with E-state index in [-0.39, 0.29) is 19.8 Å². The number of amides is 3. The first kappa shape index (κ1) is 18.6. The number of imide groups is 1. The predicted octanol–water partition coefficient (Wildman–Crippen LogP) is 2.22. The standard InChI is InChI=1S/C20H20N2O5/c1-26-13-15(11-21-20(25)27-12-14-7-3-2-4-8-14)22-18(23)16-9-5-6-10-17(16)19(22)24/h2-10,15H,11-13H2,1H3,(H,21,25). The second-order valence-corrected chi connectivity index (χ2v) is 6.08. The Hall–Kier alpha value is -3.19. The minimum atomic E-state index is -0.633. The van der Waals surface area contributed by atoms with Gasteiger partial charge in [-0.3, -0.25) is 14.5 Å². The van der Waals surface area contributed by atoms with Gasteiger partial charge in [0, 0.05) is 13.7 Å². The van der Waals surface area contributed by atoms with Crippen molar-refractivity contribution in [2.75, 3.05) is 20.3 Å². The lowest BCUT2D eigenvalue weighted by atomic mass is 10.1. The summed E-state index contributed by atoms with van der Waals surface area (Å²) in [5.41, 5.74) is 1.58. The number of nitrogens with one attached hydrogen (secondary N) is 1. The number of carbonyl (C=O) groups is 3. The summed E-state index contributed by atoms with van der Waals surface area (Å²) in [5, 5.41) is 2.60. The quantitative estimate of drug-likeness (QED) is 0.758. The fourth-order valence-corrected chi connectivity index (χ4v) is 2.93. The van der Waals surface area contributed by atoms with Crippen molar-refractivity contribution in [2.24, 2.45) is 0 Å². The lowest BCUT2D eigenvalue weighted by molar-refractivity contribution is 0.0465. The van der Waals surface area contributed by atoms with Crippen LogP contribution in [0.25, 0.3) is 0 Å². The van der Waals surface area contributed by atoms with Crippen LogP contribution in [0.3, 0.4) is 0 Å². The molecule has 1 atom stereocenters. The first-order chi connectivity index (χ1) is 13.1. The maximum absolute atomic E-state index is 12.6. The number of carbonyl (C=O) groups excluding carboxylic acids is 3. The molecule has 3 amide bonds. The molecule has 1 N–H and O–H groups in total. The van der Waals surface area contributed by atoms with Crippen molar-refractivity contribution in [3.05, 3.63) is 71.3 Å². The van der Waals surface area contributed by atoms with Crippen LogP contribution < -0.4 is 5.32 Å². The second-order valence-electron chi connectivity index (χ2n) is 6.08. The summed E-state index contributed by atoms with van der Waals surface area (Å²) in [4.78, 5) is 38.3. The summed E-state index contributed by atoms with van der Waals surface area (Å²) in [6.07, 6.45) is -0.628. The fraction of sp³-hybridized carbons (Fsp3) is 0.250. The average molecular weight is 368 g/mol. The molecular weight excluding hydrogens is 348 g/mol. The maximum atomic E-state index is 12.6. The number of nitrogens with zero attached hydrogens (tertiary/aromatic N) is 1. The van der Waals surface area contributed by atoms with Gasteiger partial charge in [0.15, 0.2) is 0 Å². The average Bonchev–Trinajstić information content (AvgIpc) is 2.95. The third-order valence-electron chi connectivity index (χ3n) is 4.24. The summed E-state index contributed by atoms with van der Waals surface area (Å²) < 4.78 is 10.3. The summed E-state index contributed by atoms with van der Waals surface area (Å²) >= 11 is 0. The van der Waals surface area contributed by atoms with Crippen LogP contribution in [-0.2, 0) is 16.1 Å². The lowest BCUT2D eigenvalue weighted by Gasteiger charge is -2.25. The molecule has 140 valence electrons. The van der Waals surface area contributed by atoms with E-state index in [0.29, 0.717) is 11.1 Å². The Labute approximate surface area is 156 Å². The van der Waals surface area contributed by atoms with Crippen LogP contribution in [0.5, 0.6) is 0 Å². The zero-order valence-corrected chi connectivity index (χ0v) is 14.9. The topological polar surface area (TPSA) is 84.9 Å². The molecule has 1 aliphatic heterocycles. The fourth-order valence-electron chi connectivity index (χ4n) is 2.93. The minimum absolute atomic E-state index is 0.0347. The van der Waals surface area contributed by atoms with Gasteiger partial charge in [-0.2, -0.15) is 0 Å². The highest BCUT2D eigenvalue weighted by Gasteiger charge is 2.39. The van der Waals surface area contributed by atoms with E-state index in [1.165, 1.54) is 7.11 Å². The molecule has 0 bridgehead atoms. The first-order valence-corrected chi connectivity index (χ1v) is 8.52. The minimum Gasteiger partial charge on any atom is -0.445 e. The smallest absolute Gasteiger partial charge is 0.407 e. The SMILES string of the molecule is COCC(CNC(=O)OCc1ccccc1)N1C(=O)c2ccccc2C1=O. The molecule has 7 heteroatoms. The number of methoxy groups -OCH3 is 1. The predicted molar refractivity (Wildman–Crippen MR) is 97.2 cm³/mol. The van der Waals surface area contributed by atoms with Crippen molar-refractivity contribution in [1.82, 2.24) is 10.2 Å². The normalized spacial score (nSPS) is 14.0. The Bertz CT molecular complexity index is 802. The molecule has 0 aromatic heterocycles. The third kappa shape index (κ3) is 4.15. The number of hydrogen-bond acceptors (Lipinski definition) is 5. The van der Waals surface area contributed by atoms with E-state index >= 15 is 0 Å². The highest BCUT2D eigenvalue weighted by atomic mass is 16.5. The summed E-state index contributed by atoms with van der Waals surface area (Å²) in [6.45, 7) is 0.270. The molecule has 2 aromatic rings. The van der Waals surface area contributed by atoms with Gasteiger partial charge < -0.3 is 14.8 Å². The Morgan fingerprint density at radius 3 is 2.19 bits per heavy atom. The van der Waals surface area contributed by atoms with Crippen LogP contribution in [-0.4, -0.2) is 49.1 Å². The first-order valence-electron chi connectivity index (χ1n) is 8.52. The van der Waals surface area contributed by atoms with Gasteiger partial charge in [0.2, 0.25) is 0 Å². The van der Waals surface area contributed by atoms with Crippen LogP contribution in [0.15, 0.2) is 54.6 Å². The number of rotatable bonds is 7. The number of fused-ring (bicyclic) bond motifs is 1. The summed E-state index contributed by atoms with van der Waals surface area (Å²) in [5.74, 6) is -0.783. The van der Waals surface area contributed by atoms with Crippen molar-refractivity contribution in [3.8, 4) is 0 Å². The highest BCUT2D eigenvalue weighted by molar-refractivity contribution is 6.21. The summed E-state index contributed by atoms with van der Waals surface area (Å²) in [7, 11) is 1.47. The van der Waals surface area contributed by atoms with Crippen LogP contribution >= 0.6 is 0 Å². The zero-order valence-electron chi connectivity index (χ0n) is 14.9. The third-order valence-corrected chi connectivity index (χ3v) is 4.24. The van der Waals surface area contributed by atoms with E-state index in [4.69, 9.17) is 9.47 Å². The molecule has 1 heterocycles. The Morgan fingerprint density at radius 2 is 1.59 bits per heavy atom. The van der Waals surface area contributed by atoms with Gasteiger partial charge in [0.1, 0.15) is 6.61 Å². The van der Waals surface area contributed by atoms with Crippen LogP contribution in [0.1, 0.15) is 26.3 Å². The van der Waals surface area contributed by atoms with E-state index < -0.39 is 23.9 Å². The number of ether oxygens (including phenoxy) is 2. The van der Waals surface area contributed by atoms with Gasteiger partial charge in [0.25, 0.3) is 11.8 Å². The molecular formula is C20H20N2O5. The molecule has 0 saturated heterocycles. The van der Waals surface area contributed by atoms with E-state index in [1.807, 2.05) is 30.3 Å². The molecule has 0 saturated carbocycles. The van der Waals surface area contributed by atoms with Gasteiger partial charge in [-0.25, -0.2) is 4.79 Å². The van der Waals surface area contributed by atoms with E-state index in [2.05, 4.69) is 5.32 Å². The molecule has 27 heavy (non-hydrogen) atoms. The van der Waals surface area contributed by atoms with Crippen LogP contribution in [0, 0.1) is 0 Å². The molecule has 7 nitrogen and oxygen atoms in total. The molecule has 1 aliphatic rings. The molecule has 2 aromatic carbocycles. The van der Waals surface area contributed by atoms with Gasteiger partial charge in [-0.1, -0.05) is 42.5 Å². The molecule has 0 aliphatic carbocycles. The van der Waals surface area contributed by atoms with Gasteiger partial charge in [-0.05, 0) is 17.7 Å². The van der Waals surface area contributed by atoms with Crippen molar-refractivity contribution in [1.29, 1.82) is 0 Å². The van der Waals surface area contributed by atoms with E-state index in [0.717, 1.165) is 10.5 Å². The van der Waals surface area contributed by atoms with Gasteiger partial charge in [-0.15, -0.1) is 0 Å². The molecule has 3 rings (SSSR count). The van der Waals surface area contributed by atoms with E-state index in [1.54, 1.807) is 24.3 Å². The lowest BCUT2D eigenvalue weighted by Crippen LogP contribution is -2.49. The van der Waals surface area contributed by atoms with Crippen molar-refractivity contribution >= 4 is 17.9 Å². The number of benzene rings is 2. The largest absolute Gasteiger partial charge is 0.445 e. The zero-order chi connectivity index (χ0) is 19.2. The van der Waals surface area contributed by atoms with Gasteiger partial charge >= 0.3 is 6.09 Å². The molecule has 0 fully saturated rings. The Balaban J connectivity index is 1.60. The summed E-state index contributed by atoms with van der Waals surface area (Å²) in [6, 6.07) is 15.3. The molecule has 0 radical (unpaired) electrons. The van der Waals surface area contributed by atoms with Crippen LogP contribution in [0.4, 0.5) is 4.79 Å². The van der Waals surface area contributed by atoms with Crippen molar-refractivity contribution in [3.63, 3.8) is 0 Å². The monoisotopic (exact) mass is 368 g/mol. The molecule has 0 spiro atoms. The second kappa shape index (κ2) is 8.46. The molecule has 1 unspecified atom stereocenters. The van der Waals surface area contributed by atoms with Crippen molar-refractivity contribution < 1.29 is 23.9 Å². The Kier molecular flexibility index (Phi) is 5.83. The number of hydrogen-bond donors (Lipinski definition) is 1. The van der Waals surface area contributed by atoms with Crippen LogP contribution in [0.2, 0.25) is 0 Å². The van der Waals surface area contributed by atoms with E-state index in [9.17, 15) is 14.4 Å². The van der Waals surface area contributed by atoms with Gasteiger partial charge in [0.05, 0.1) is 23.8 Å². The maximum Gasteiger partial charge on any atom is 0.407 e. The highest BCUT2D eigenvalue weighted by Crippen LogP contribution is 2.24. The Morgan fingerprint density at radius 1 is 1.00 bits per heavy atom.